The molecule has 1 aromatic heterocycles. The summed E-state index contributed by atoms with van der Waals surface area (Å²) in [6.07, 6.45) is 3.52. The summed E-state index contributed by atoms with van der Waals surface area (Å²) in [6.45, 7) is 3.56. The van der Waals surface area contributed by atoms with Gasteiger partial charge in [-0.25, -0.2) is 0 Å². The van der Waals surface area contributed by atoms with E-state index in [2.05, 4.69) is 15.6 Å². The van der Waals surface area contributed by atoms with Gasteiger partial charge in [-0.15, -0.1) is 0 Å². The molecule has 0 aliphatic rings. The molecule has 104 valence electrons. The number of pyridine rings is 1. The lowest BCUT2D eigenvalue weighted by Crippen LogP contribution is -2.33. The van der Waals surface area contributed by atoms with Crippen molar-refractivity contribution in [1.29, 1.82) is 0 Å². The molecule has 20 heavy (non-hydrogen) atoms. The Morgan fingerprint density at radius 1 is 1.10 bits per heavy atom. The molecule has 0 atom stereocenters. The number of hydrogen-bond donors (Lipinski definition) is 2. The first-order chi connectivity index (χ1) is 9.74. The van der Waals surface area contributed by atoms with Gasteiger partial charge in [0.25, 0.3) is 0 Å². The van der Waals surface area contributed by atoms with Gasteiger partial charge in [0.05, 0.1) is 6.54 Å². The van der Waals surface area contributed by atoms with E-state index in [1.165, 1.54) is 5.56 Å². The van der Waals surface area contributed by atoms with Crippen LogP contribution in [0.2, 0.25) is 0 Å². The van der Waals surface area contributed by atoms with Crippen molar-refractivity contribution in [2.45, 2.75) is 20.0 Å². The summed E-state index contributed by atoms with van der Waals surface area (Å²) in [5.41, 5.74) is 3.40. The SMILES string of the molecule is Cc1ccc(CNC(=O)CNCc2cccnc2)cc1. The molecule has 0 bridgehead atoms. The lowest BCUT2D eigenvalue weighted by molar-refractivity contribution is -0.120. The minimum atomic E-state index is -0.00512. The van der Waals surface area contributed by atoms with Crippen LogP contribution < -0.4 is 10.6 Å². The van der Waals surface area contributed by atoms with E-state index in [-0.39, 0.29) is 5.91 Å². The highest BCUT2D eigenvalue weighted by Gasteiger charge is 2.01. The van der Waals surface area contributed by atoms with Crippen LogP contribution in [-0.4, -0.2) is 17.4 Å². The second kappa shape index (κ2) is 7.40. The first-order valence-electron chi connectivity index (χ1n) is 6.66. The van der Waals surface area contributed by atoms with Crippen molar-refractivity contribution in [2.24, 2.45) is 0 Å². The molecule has 4 nitrogen and oxygen atoms in total. The van der Waals surface area contributed by atoms with Crippen molar-refractivity contribution in [3.05, 3.63) is 65.5 Å². The van der Waals surface area contributed by atoms with E-state index in [0.29, 0.717) is 19.6 Å². The standard InChI is InChI=1S/C16H19N3O/c1-13-4-6-14(7-5-13)11-19-16(20)12-18-10-15-3-2-8-17-9-15/h2-9,18H,10-12H2,1H3,(H,19,20). The number of nitrogens with one attached hydrogen (secondary N) is 2. The first-order valence-corrected chi connectivity index (χ1v) is 6.66. The van der Waals surface area contributed by atoms with Crippen molar-refractivity contribution < 1.29 is 4.79 Å². The van der Waals surface area contributed by atoms with Gasteiger partial charge in [0.1, 0.15) is 0 Å². The maximum absolute atomic E-state index is 11.7. The van der Waals surface area contributed by atoms with Crippen LogP contribution in [0.15, 0.2) is 48.8 Å². The number of aromatic nitrogens is 1. The minimum Gasteiger partial charge on any atom is -0.351 e. The predicted octanol–water partition coefficient (Wildman–Crippen LogP) is 1.80. The van der Waals surface area contributed by atoms with E-state index >= 15 is 0 Å². The third-order valence-electron chi connectivity index (χ3n) is 2.95. The van der Waals surface area contributed by atoms with Crippen LogP contribution >= 0.6 is 0 Å². The van der Waals surface area contributed by atoms with Crippen LogP contribution in [-0.2, 0) is 17.9 Å². The van der Waals surface area contributed by atoms with Gasteiger partial charge in [-0.3, -0.25) is 9.78 Å². The first kappa shape index (κ1) is 14.2. The lowest BCUT2D eigenvalue weighted by atomic mass is 10.1. The Hall–Kier alpha value is -2.20. The molecule has 0 saturated carbocycles. The Bertz CT molecular complexity index is 537. The van der Waals surface area contributed by atoms with Gasteiger partial charge in [0, 0.05) is 25.5 Å². The van der Waals surface area contributed by atoms with Crippen molar-refractivity contribution in [3.8, 4) is 0 Å². The van der Waals surface area contributed by atoms with E-state index in [1.54, 1.807) is 12.4 Å². The largest absolute Gasteiger partial charge is 0.351 e. The maximum Gasteiger partial charge on any atom is 0.234 e. The Morgan fingerprint density at radius 3 is 2.60 bits per heavy atom. The van der Waals surface area contributed by atoms with Gasteiger partial charge in [0.15, 0.2) is 0 Å². The topological polar surface area (TPSA) is 54.0 Å². The van der Waals surface area contributed by atoms with E-state index in [0.717, 1.165) is 11.1 Å². The molecule has 2 aromatic rings. The summed E-state index contributed by atoms with van der Waals surface area (Å²) in [5, 5.41) is 5.98. The van der Waals surface area contributed by atoms with E-state index in [1.807, 2.05) is 43.3 Å². The number of aryl methyl sites for hydroxylation is 1. The highest BCUT2D eigenvalue weighted by Crippen LogP contribution is 2.02. The fraction of sp³-hybridized carbons (Fsp3) is 0.250. The summed E-state index contributed by atoms with van der Waals surface area (Å²) in [7, 11) is 0. The van der Waals surface area contributed by atoms with Crippen molar-refractivity contribution in [2.75, 3.05) is 6.54 Å². The van der Waals surface area contributed by atoms with Gasteiger partial charge < -0.3 is 10.6 Å². The van der Waals surface area contributed by atoms with Gasteiger partial charge in [-0.05, 0) is 24.1 Å². The third-order valence-corrected chi connectivity index (χ3v) is 2.95. The normalized spacial score (nSPS) is 10.2. The summed E-state index contributed by atoms with van der Waals surface area (Å²) >= 11 is 0. The number of rotatable bonds is 6. The third kappa shape index (κ3) is 4.82. The number of nitrogens with zero attached hydrogens (tertiary/aromatic N) is 1. The Kier molecular flexibility index (Phi) is 5.26. The highest BCUT2D eigenvalue weighted by molar-refractivity contribution is 5.77. The molecule has 2 rings (SSSR count). The number of benzene rings is 1. The van der Waals surface area contributed by atoms with E-state index in [9.17, 15) is 4.79 Å². The molecule has 0 radical (unpaired) electrons. The predicted molar refractivity (Wildman–Crippen MR) is 79.0 cm³/mol. The van der Waals surface area contributed by atoms with Crippen LogP contribution in [0, 0.1) is 6.92 Å². The lowest BCUT2D eigenvalue weighted by Gasteiger charge is -2.07. The smallest absolute Gasteiger partial charge is 0.234 e. The van der Waals surface area contributed by atoms with Crippen LogP contribution in [0.5, 0.6) is 0 Å². The second-order valence-corrected chi connectivity index (χ2v) is 4.73. The van der Waals surface area contributed by atoms with Crippen LogP contribution in [0.3, 0.4) is 0 Å². The number of carbonyl (C=O) groups is 1. The van der Waals surface area contributed by atoms with Crippen molar-refractivity contribution in [3.63, 3.8) is 0 Å². The van der Waals surface area contributed by atoms with Gasteiger partial charge in [-0.2, -0.15) is 0 Å². The van der Waals surface area contributed by atoms with Crippen LogP contribution in [0.4, 0.5) is 0 Å². The molecule has 4 heteroatoms. The zero-order valence-corrected chi connectivity index (χ0v) is 11.6. The maximum atomic E-state index is 11.7. The van der Waals surface area contributed by atoms with Gasteiger partial charge >= 0.3 is 0 Å². The van der Waals surface area contributed by atoms with E-state index in [4.69, 9.17) is 0 Å². The molecule has 0 fully saturated rings. The van der Waals surface area contributed by atoms with Gasteiger partial charge in [0.2, 0.25) is 5.91 Å². The molecule has 1 amide bonds. The fourth-order valence-corrected chi connectivity index (χ4v) is 1.79. The van der Waals surface area contributed by atoms with Crippen molar-refractivity contribution >= 4 is 5.91 Å². The fourth-order valence-electron chi connectivity index (χ4n) is 1.79. The van der Waals surface area contributed by atoms with Crippen molar-refractivity contribution in [1.82, 2.24) is 15.6 Å². The van der Waals surface area contributed by atoms with E-state index < -0.39 is 0 Å². The Morgan fingerprint density at radius 2 is 1.90 bits per heavy atom. The monoisotopic (exact) mass is 269 g/mol. The van der Waals surface area contributed by atoms with Crippen LogP contribution in [0.1, 0.15) is 16.7 Å². The molecule has 1 heterocycles. The van der Waals surface area contributed by atoms with Gasteiger partial charge in [-0.1, -0.05) is 35.9 Å². The highest BCUT2D eigenvalue weighted by atomic mass is 16.1. The average Bonchev–Trinajstić information content (AvgIpc) is 2.48. The molecule has 0 saturated heterocycles. The zero-order valence-electron chi connectivity index (χ0n) is 11.6. The molecule has 1 aromatic carbocycles. The average molecular weight is 269 g/mol. The second-order valence-electron chi connectivity index (χ2n) is 4.73. The molecule has 0 unspecified atom stereocenters. The summed E-state index contributed by atoms with van der Waals surface area (Å²) in [5.74, 6) is -0.00512. The van der Waals surface area contributed by atoms with Crippen LogP contribution in [0.25, 0.3) is 0 Å². The molecule has 2 N–H and O–H groups in total. The summed E-state index contributed by atoms with van der Waals surface area (Å²) in [4.78, 5) is 15.7. The summed E-state index contributed by atoms with van der Waals surface area (Å²) in [6, 6.07) is 12.0. The minimum absolute atomic E-state index is 0.00512. The zero-order chi connectivity index (χ0) is 14.2. The molecule has 0 aliphatic heterocycles. The Balaban J connectivity index is 1.67. The summed E-state index contributed by atoms with van der Waals surface area (Å²) < 4.78 is 0. The molecule has 0 aliphatic carbocycles. The molecular formula is C16H19N3O. The quantitative estimate of drug-likeness (QED) is 0.840. The number of carbonyl (C=O) groups excluding carboxylic acids is 1. The molecular weight excluding hydrogens is 250 g/mol. The Labute approximate surface area is 119 Å². The number of amides is 1. The number of hydrogen-bond acceptors (Lipinski definition) is 3. The molecule has 0 spiro atoms.